The summed E-state index contributed by atoms with van der Waals surface area (Å²) in [6, 6.07) is 16.0. The first kappa shape index (κ1) is 13.6. The topological polar surface area (TPSA) is 43.4 Å². The van der Waals surface area contributed by atoms with E-state index in [9.17, 15) is 9.59 Å². The zero-order valence-corrected chi connectivity index (χ0v) is 11.8. The van der Waals surface area contributed by atoms with Gasteiger partial charge in [-0.3, -0.25) is 9.59 Å². The number of allylic oxidation sites excluding steroid dienone is 2. The van der Waals surface area contributed by atoms with Crippen molar-refractivity contribution in [2.24, 2.45) is 0 Å². The number of rotatable bonds is 3. The molecular formula is C17H11ClO3. The molecule has 0 saturated carbocycles. The van der Waals surface area contributed by atoms with Crippen LogP contribution in [0.25, 0.3) is 0 Å². The highest BCUT2D eigenvalue weighted by Gasteiger charge is 2.32. The van der Waals surface area contributed by atoms with Crippen LogP contribution in [0.1, 0.15) is 26.3 Å². The Morgan fingerprint density at radius 1 is 0.810 bits per heavy atom. The summed E-state index contributed by atoms with van der Waals surface area (Å²) < 4.78 is 5.50. The van der Waals surface area contributed by atoms with E-state index >= 15 is 0 Å². The van der Waals surface area contributed by atoms with Crippen molar-refractivity contribution in [3.63, 3.8) is 0 Å². The number of benzene rings is 2. The number of fused-ring (bicyclic) bond motifs is 1. The molecule has 0 amide bonds. The second-order valence-corrected chi connectivity index (χ2v) is 5.00. The van der Waals surface area contributed by atoms with Gasteiger partial charge in [0.25, 0.3) is 0 Å². The highest BCUT2D eigenvalue weighted by Crippen LogP contribution is 2.29. The van der Waals surface area contributed by atoms with Crippen LogP contribution >= 0.6 is 11.6 Å². The van der Waals surface area contributed by atoms with Crippen LogP contribution in [0.15, 0.2) is 65.4 Å². The summed E-state index contributed by atoms with van der Waals surface area (Å²) in [6.45, 7) is 0.188. The van der Waals surface area contributed by atoms with Crippen molar-refractivity contribution in [2.75, 3.05) is 0 Å². The van der Waals surface area contributed by atoms with Gasteiger partial charge < -0.3 is 4.74 Å². The van der Waals surface area contributed by atoms with Crippen LogP contribution < -0.4 is 0 Å². The lowest BCUT2D eigenvalue weighted by Gasteiger charge is -2.18. The fraction of sp³-hybridized carbons (Fsp3) is 0.0588. The molecular weight excluding hydrogens is 288 g/mol. The Kier molecular flexibility index (Phi) is 3.59. The first-order chi connectivity index (χ1) is 10.2. The van der Waals surface area contributed by atoms with Gasteiger partial charge in [-0.05, 0) is 5.56 Å². The predicted molar refractivity (Wildman–Crippen MR) is 79.2 cm³/mol. The van der Waals surface area contributed by atoms with Gasteiger partial charge in [0.05, 0.1) is 0 Å². The zero-order valence-electron chi connectivity index (χ0n) is 11.0. The molecule has 0 unspecified atom stereocenters. The van der Waals surface area contributed by atoms with E-state index in [1.54, 1.807) is 24.3 Å². The van der Waals surface area contributed by atoms with Crippen molar-refractivity contribution in [2.45, 2.75) is 6.61 Å². The second-order valence-electron chi connectivity index (χ2n) is 4.62. The van der Waals surface area contributed by atoms with E-state index in [0.717, 1.165) is 5.56 Å². The van der Waals surface area contributed by atoms with Gasteiger partial charge in [0.15, 0.2) is 5.76 Å². The third kappa shape index (κ3) is 2.48. The van der Waals surface area contributed by atoms with E-state index < -0.39 is 0 Å². The number of ketones is 2. The first-order valence-corrected chi connectivity index (χ1v) is 6.81. The monoisotopic (exact) mass is 298 g/mol. The number of Topliss-reactive ketones (excluding diaryl/α,β-unsaturated/α-hetero) is 2. The third-order valence-electron chi connectivity index (χ3n) is 3.25. The number of carbonyl (C=O) groups excluding carboxylic acids is 2. The molecule has 1 aliphatic rings. The summed E-state index contributed by atoms with van der Waals surface area (Å²) in [5.41, 5.74) is 1.54. The molecule has 2 aromatic rings. The zero-order chi connectivity index (χ0) is 14.8. The van der Waals surface area contributed by atoms with Gasteiger partial charge >= 0.3 is 0 Å². The van der Waals surface area contributed by atoms with Crippen molar-refractivity contribution in [1.29, 1.82) is 0 Å². The van der Waals surface area contributed by atoms with Gasteiger partial charge in [0.2, 0.25) is 11.6 Å². The van der Waals surface area contributed by atoms with Crippen LogP contribution in [0.3, 0.4) is 0 Å². The summed E-state index contributed by atoms with van der Waals surface area (Å²) in [6.07, 6.45) is 0. The average Bonchev–Trinajstić information content (AvgIpc) is 2.54. The summed E-state index contributed by atoms with van der Waals surface area (Å²) in [4.78, 5) is 24.5. The highest BCUT2D eigenvalue weighted by atomic mass is 35.5. The third-order valence-corrected chi connectivity index (χ3v) is 3.59. The van der Waals surface area contributed by atoms with E-state index in [4.69, 9.17) is 16.3 Å². The molecule has 0 bridgehead atoms. The lowest BCUT2D eigenvalue weighted by Crippen LogP contribution is -2.21. The SMILES string of the molecule is O=C1C(Cl)=C(OCc2ccccc2)C(=O)c2ccccc21. The van der Waals surface area contributed by atoms with Gasteiger partial charge in [-0.2, -0.15) is 0 Å². The Morgan fingerprint density at radius 2 is 1.38 bits per heavy atom. The fourth-order valence-corrected chi connectivity index (χ4v) is 2.42. The maximum atomic E-state index is 12.4. The van der Waals surface area contributed by atoms with Crippen LogP contribution in [-0.2, 0) is 11.3 Å². The molecule has 0 aliphatic heterocycles. The Hall–Kier alpha value is -2.39. The van der Waals surface area contributed by atoms with Gasteiger partial charge in [-0.15, -0.1) is 0 Å². The minimum atomic E-state index is -0.380. The lowest BCUT2D eigenvalue weighted by molar-refractivity contribution is 0.0866. The minimum absolute atomic E-state index is 0.0794. The molecule has 0 N–H and O–H groups in total. The number of halogens is 1. The number of hydrogen-bond donors (Lipinski definition) is 0. The normalized spacial score (nSPS) is 14.1. The highest BCUT2D eigenvalue weighted by molar-refractivity contribution is 6.49. The van der Waals surface area contributed by atoms with Gasteiger partial charge in [0, 0.05) is 11.1 Å². The maximum Gasteiger partial charge on any atom is 0.230 e. The van der Waals surface area contributed by atoms with Crippen LogP contribution in [0.5, 0.6) is 0 Å². The van der Waals surface area contributed by atoms with Gasteiger partial charge in [0.1, 0.15) is 11.6 Å². The molecule has 3 nitrogen and oxygen atoms in total. The van der Waals surface area contributed by atoms with Crippen molar-refractivity contribution in [1.82, 2.24) is 0 Å². The van der Waals surface area contributed by atoms with Crippen molar-refractivity contribution in [3.05, 3.63) is 82.1 Å². The van der Waals surface area contributed by atoms with Crippen LogP contribution in [-0.4, -0.2) is 11.6 Å². The molecule has 0 fully saturated rings. The molecule has 0 heterocycles. The largest absolute Gasteiger partial charge is 0.483 e. The molecule has 3 rings (SSSR count). The number of ether oxygens (including phenoxy) is 1. The van der Waals surface area contributed by atoms with Crippen LogP contribution in [0.2, 0.25) is 0 Å². The maximum absolute atomic E-state index is 12.4. The molecule has 21 heavy (non-hydrogen) atoms. The smallest absolute Gasteiger partial charge is 0.230 e. The van der Waals surface area contributed by atoms with E-state index in [1.807, 2.05) is 30.3 Å². The Bertz CT molecular complexity index is 748. The Morgan fingerprint density at radius 3 is 2.05 bits per heavy atom. The summed E-state index contributed by atoms with van der Waals surface area (Å²) in [7, 11) is 0. The Labute approximate surface area is 126 Å². The van der Waals surface area contributed by atoms with Crippen molar-refractivity contribution < 1.29 is 14.3 Å². The molecule has 104 valence electrons. The quantitative estimate of drug-likeness (QED) is 0.867. The van der Waals surface area contributed by atoms with E-state index in [1.165, 1.54) is 0 Å². The fourth-order valence-electron chi connectivity index (χ4n) is 2.18. The van der Waals surface area contributed by atoms with Gasteiger partial charge in [-0.1, -0.05) is 66.2 Å². The van der Waals surface area contributed by atoms with Crippen LogP contribution in [0, 0.1) is 0 Å². The Balaban J connectivity index is 1.90. The number of carbonyl (C=O) groups is 2. The first-order valence-electron chi connectivity index (χ1n) is 6.43. The molecule has 0 saturated heterocycles. The van der Waals surface area contributed by atoms with Crippen LogP contribution in [0.4, 0.5) is 0 Å². The molecule has 0 atom stereocenters. The number of hydrogen-bond acceptors (Lipinski definition) is 3. The molecule has 4 heteroatoms. The predicted octanol–water partition coefficient (Wildman–Crippen LogP) is 3.73. The van der Waals surface area contributed by atoms with E-state index in [0.29, 0.717) is 11.1 Å². The average molecular weight is 299 g/mol. The van der Waals surface area contributed by atoms with E-state index in [-0.39, 0.29) is 29.0 Å². The lowest BCUT2D eigenvalue weighted by atomic mass is 9.93. The summed E-state index contributed by atoms with van der Waals surface area (Å²) in [5.74, 6) is -0.815. The van der Waals surface area contributed by atoms with Crippen molar-refractivity contribution in [3.8, 4) is 0 Å². The minimum Gasteiger partial charge on any atom is -0.483 e. The molecule has 0 radical (unpaired) electrons. The molecule has 2 aromatic carbocycles. The molecule has 0 aromatic heterocycles. The molecule has 1 aliphatic carbocycles. The molecule has 0 spiro atoms. The van der Waals surface area contributed by atoms with Gasteiger partial charge in [-0.25, -0.2) is 0 Å². The standard InChI is InChI=1S/C17H11ClO3/c18-14-15(19)12-8-4-5-9-13(12)16(20)17(14)21-10-11-6-2-1-3-7-11/h1-9H,10H2. The second kappa shape index (κ2) is 5.54. The summed E-state index contributed by atoms with van der Waals surface area (Å²) >= 11 is 6.01. The van der Waals surface area contributed by atoms with E-state index in [2.05, 4.69) is 0 Å². The summed E-state index contributed by atoms with van der Waals surface area (Å²) in [5, 5.41) is -0.158. The van der Waals surface area contributed by atoms with Crippen molar-refractivity contribution >= 4 is 23.2 Å².